The van der Waals surface area contributed by atoms with Crippen molar-refractivity contribution < 1.29 is 13.0 Å². The van der Waals surface area contributed by atoms with Crippen LogP contribution in [0.2, 0.25) is 0 Å². The van der Waals surface area contributed by atoms with Crippen molar-refractivity contribution in [3.05, 3.63) is 11.6 Å². The van der Waals surface area contributed by atoms with E-state index in [1.54, 1.807) is 12.3 Å². The molecule has 0 amide bonds. The minimum Gasteiger partial charge on any atom is -0.285 e. The summed E-state index contributed by atoms with van der Waals surface area (Å²) < 4.78 is 32.9. The van der Waals surface area contributed by atoms with E-state index in [9.17, 15) is 8.42 Å². The highest BCUT2D eigenvalue weighted by molar-refractivity contribution is 7.86. The third kappa shape index (κ3) is 3.13. The van der Waals surface area contributed by atoms with Crippen molar-refractivity contribution in [3.8, 4) is 0 Å². The smallest absolute Gasteiger partial charge is 0.285 e. The third-order valence-electron chi connectivity index (χ3n) is 1.22. The minimum absolute atomic E-state index is 0.296. The quantitative estimate of drug-likeness (QED) is 0.449. The van der Waals surface area contributed by atoms with Crippen molar-refractivity contribution in [2.75, 3.05) is 5.75 Å². The van der Waals surface area contributed by atoms with E-state index >= 15 is 0 Å². The lowest BCUT2D eigenvalue weighted by atomic mass is 10.2. The van der Waals surface area contributed by atoms with Crippen LogP contribution in [0.1, 0.15) is 6.42 Å². The first-order valence-electron chi connectivity index (χ1n) is 3.06. The molecule has 11 heavy (non-hydrogen) atoms. The number of rotatable bonds is 2. The van der Waals surface area contributed by atoms with Crippen molar-refractivity contribution in [2.24, 2.45) is 0 Å². The zero-order chi connectivity index (χ0) is 8.32. The Morgan fingerprint density at radius 1 is 1.64 bits per heavy atom. The second-order valence-electron chi connectivity index (χ2n) is 2.24. The highest BCUT2D eigenvalue weighted by Crippen LogP contribution is 2.02. The maximum atomic E-state index is 10.4. The van der Waals surface area contributed by atoms with E-state index in [1.807, 2.05) is 0 Å². The number of nitrogens with zero attached hydrogens (tertiary/aromatic N) is 1. The summed E-state index contributed by atoms with van der Waals surface area (Å²) in [5.74, 6) is -0.296. The summed E-state index contributed by atoms with van der Waals surface area (Å²) in [6.45, 7) is 0. The molecule has 0 aliphatic carbocycles. The molecule has 1 aliphatic heterocycles. The van der Waals surface area contributed by atoms with E-state index in [2.05, 4.69) is 4.67 Å². The molecule has 0 saturated heterocycles. The maximum Gasteiger partial charge on any atom is 0.291 e. The van der Waals surface area contributed by atoms with Crippen LogP contribution in [0.15, 0.2) is 11.6 Å². The Morgan fingerprint density at radius 2 is 2.36 bits per heavy atom. The van der Waals surface area contributed by atoms with Gasteiger partial charge in [0.05, 0.1) is 12.2 Å². The van der Waals surface area contributed by atoms with Gasteiger partial charge in [0.2, 0.25) is 0 Å². The van der Waals surface area contributed by atoms with Crippen LogP contribution in [0.5, 0.6) is 0 Å². The molecule has 60 valence electrons. The van der Waals surface area contributed by atoms with Gasteiger partial charge in [-0.15, -0.1) is 4.67 Å². The summed E-state index contributed by atoms with van der Waals surface area (Å²) in [4.78, 5) is 0. The van der Waals surface area contributed by atoms with Crippen LogP contribution in [0.3, 0.4) is 0 Å². The fraction of sp³-hybridized carbons (Fsp3) is 0.333. The standard InChI is InChI=1S/C6H7NO3S/c8-11(9,10)5-6-1-3-7-4-2-6/h1,3-4H,2,5H2/p+1. The number of hydrogen-bond donors (Lipinski definition) is 1. The molecule has 0 fully saturated rings. The van der Waals surface area contributed by atoms with Gasteiger partial charge < -0.3 is 0 Å². The highest BCUT2D eigenvalue weighted by atomic mass is 32.2. The zero-order valence-electron chi connectivity index (χ0n) is 5.77. The topological polar surface area (TPSA) is 68.5 Å². The highest BCUT2D eigenvalue weighted by Gasteiger charge is 2.11. The molecule has 1 aliphatic rings. The Labute approximate surface area is 64.7 Å². The van der Waals surface area contributed by atoms with E-state index in [1.165, 1.54) is 6.21 Å². The van der Waals surface area contributed by atoms with Crippen molar-refractivity contribution >= 4 is 22.5 Å². The van der Waals surface area contributed by atoms with Crippen molar-refractivity contribution in [1.29, 1.82) is 0 Å². The molecule has 0 aromatic carbocycles. The van der Waals surface area contributed by atoms with Crippen molar-refractivity contribution in [1.82, 2.24) is 4.67 Å². The molecule has 1 heterocycles. The molecule has 5 heteroatoms. The Balaban J connectivity index is 2.68. The second-order valence-corrected chi connectivity index (χ2v) is 3.69. The lowest BCUT2D eigenvalue weighted by Crippen LogP contribution is -2.09. The van der Waals surface area contributed by atoms with Gasteiger partial charge in [-0.3, -0.25) is 4.55 Å². The van der Waals surface area contributed by atoms with Crippen LogP contribution < -0.4 is 4.67 Å². The average molecular weight is 174 g/mol. The van der Waals surface area contributed by atoms with Crippen LogP contribution >= 0.6 is 0 Å². The third-order valence-corrected chi connectivity index (χ3v) is 1.96. The summed E-state index contributed by atoms with van der Waals surface area (Å²) in [6.07, 6.45) is 5.19. The summed E-state index contributed by atoms with van der Waals surface area (Å²) in [5, 5.41) is 0. The molecule has 0 radical (unpaired) electrons. The molecule has 4 nitrogen and oxygen atoms in total. The molecular weight excluding hydrogens is 166 g/mol. The van der Waals surface area contributed by atoms with Crippen molar-refractivity contribution in [2.45, 2.75) is 6.42 Å². The van der Waals surface area contributed by atoms with Crippen LogP contribution in [0.4, 0.5) is 0 Å². The Bertz CT molecular complexity index is 333. The Morgan fingerprint density at radius 3 is 2.82 bits per heavy atom. The molecule has 1 N–H and O–H groups in total. The Hall–Kier alpha value is -0.900. The number of allylic oxidation sites excluding steroid dienone is 1. The summed E-state index contributed by atoms with van der Waals surface area (Å²) >= 11 is 0. The molecule has 0 spiro atoms. The zero-order valence-corrected chi connectivity index (χ0v) is 6.58. The maximum absolute atomic E-state index is 10.4. The summed E-state index contributed by atoms with van der Waals surface area (Å²) in [6, 6.07) is 0. The molecular formula is C6H8NO3S+. The largest absolute Gasteiger partial charge is 0.291 e. The molecule has 0 unspecified atom stereocenters. The number of hydrogen-bond acceptors (Lipinski definition) is 2. The van der Waals surface area contributed by atoms with Gasteiger partial charge in [-0.2, -0.15) is 8.42 Å². The SMILES string of the molecule is O=S(=O)(O)CC1=CC=[N+]=CC1. The fourth-order valence-electron chi connectivity index (χ4n) is 0.789. The van der Waals surface area contributed by atoms with Gasteiger partial charge in [-0.05, 0) is 5.57 Å². The van der Waals surface area contributed by atoms with E-state index < -0.39 is 10.1 Å². The summed E-state index contributed by atoms with van der Waals surface area (Å²) in [5.41, 5.74) is 0.655. The predicted molar refractivity (Wildman–Crippen MR) is 43.4 cm³/mol. The van der Waals surface area contributed by atoms with Gasteiger partial charge in [0.15, 0.2) is 0 Å². The fourth-order valence-corrected chi connectivity index (χ4v) is 1.47. The molecule has 0 atom stereocenters. The van der Waals surface area contributed by atoms with Crippen LogP contribution in [-0.4, -0.2) is 31.2 Å². The summed E-state index contributed by atoms with van der Waals surface area (Å²) in [7, 11) is -3.87. The van der Waals surface area contributed by atoms with Gasteiger partial charge in [-0.1, -0.05) is 0 Å². The average Bonchev–Trinajstić information content (AvgIpc) is 1.85. The Kier molecular flexibility index (Phi) is 2.24. The van der Waals surface area contributed by atoms with Crippen molar-refractivity contribution in [3.63, 3.8) is 0 Å². The van der Waals surface area contributed by atoms with Gasteiger partial charge in [0.1, 0.15) is 0 Å². The minimum atomic E-state index is -3.87. The monoisotopic (exact) mass is 174 g/mol. The first kappa shape index (κ1) is 8.20. The van der Waals surface area contributed by atoms with Crippen LogP contribution in [0.25, 0.3) is 0 Å². The predicted octanol–water partition coefficient (Wildman–Crippen LogP) is -0.587. The lowest BCUT2D eigenvalue weighted by Gasteiger charge is -1.96. The van der Waals surface area contributed by atoms with E-state index in [0.29, 0.717) is 12.0 Å². The first-order valence-corrected chi connectivity index (χ1v) is 4.67. The van der Waals surface area contributed by atoms with Gasteiger partial charge in [0.25, 0.3) is 22.5 Å². The second kappa shape index (κ2) is 3.00. The van der Waals surface area contributed by atoms with E-state index in [-0.39, 0.29) is 5.75 Å². The van der Waals surface area contributed by atoms with Gasteiger partial charge >= 0.3 is 0 Å². The van der Waals surface area contributed by atoms with Crippen LogP contribution in [0, 0.1) is 0 Å². The molecule has 0 saturated carbocycles. The van der Waals surface area contributed by atoms with Crippen LogP contribution in [-0.2, 0) is 10.1 Å². The first-order chi connectivity index (χ1) is 5.08. The lowest BCUT2D eigenvalue weighted by molar-refractivity contribution is 0.485. The molecule has 1 rings (SSSR count). The van der Waals surface area contributed by atoms with Gasteiger partial charge in [-0.25, -0.2) is 0 Å². The normalized spacial score (nSPS) is 16.6. The van der Waals surface area contributed by atoms with E-state index in [0.717, 1.165) is 0 Å². The van der Waals surface area contributed by atoms with E-state index in [4.69, 9.17) is 4.55 Å². The molecule has 0 aromatic heterocycles. The van der Waals surface area contributed by atoms with Gasteiger partial charge in [0, 0.05) is 6.08 Å². The molecule has 0 bridgehead atoms. The molecule has 0 aromatic rings.